The molecule has 3 aromatic heterocycles. The number of halogens is 4. The van der Waals surface area contributed by atoms with E-state index in [0.717, 1.165) is 27.8 Å². The van der Waals surface area contributed by atoms with Gasteiger partial charge < -0.3 is 4.98 Å². The van der Waals surface area contributed by atoms with Gasteiger partial charge in [-0.15, -0.1) is 12.4 Å². The van der Waals surface area contributed by atoms with Gasteiger partial charge in [0.1, 0.15) is 28.8 Å². The van der Waals surface area contributed by atoms with Crippen LogP contribution in [0.15, 0.2) is 97.3 Å². The first-order chi connectivity index (χ1) is 17.1. The maximum atomic E-state index is 13.7. The lowest BCUT2D eigenvalue weighted by molar-refractivity contribution is 0.627. The minimum absolute atomic E-state index is 0. The van der Waals surface area contributed by atoms with Crippen LogP contribution >= 0.6 is 12.4 Å². The fourth-order valence-corrected chi connectivity index (χ4v) is 4.28. The fraction of sp³-hybridized carbons (Fsp3) is 0. The molecular weight excluding hydrogens is 485 g/mol. The van der Waals surface area contributed by atoms with E-state index in [1.165, 1.54) is 36.4 Å². The Bertz CT molecular complexity index is 1640. The van der Waals surface area contributed by atoms with Gasteiger partial charge in [0.25, 0.3) is 0 Å². The topological polar surface area (TPSA) is 46.0 Å². The summed E-state index contributed by atoms with van der Waals surface area (Å²) < 4.78 is 42.8. The number of aromatic nitrogens is 4. The zero-order chi connectivity index (χ0) is 23.9. The fourth-order valence-electron chi connectivity index (χ4n) is 4.28. The van der Waals surface area contributed by atoms with Gasteiger partial charge in [0.15, 0.2) is 0 Å². The third kappa shape index (κ3) is 4.03. The molecule has 4 nitrogen and oxygen atoms in total. The van der Waals surface area contributed by atoms with Crippen LogP contribution in [0.5, 0.6) is 0 Å². The molecule has 0 aliphatic heterocycles. The maximum Gasteiger partial charge on any atom is 0.142 e. The second kappa shape index (κ2) is 9.36. The van der Waals surface area contributed by atoms with Gasteiger partial charge in [-0.3, -0.25) is 4.98 Å². The Morgan fingerprint density at radius 3 is 1.64 bits per heavy atom. The number of nitrogens with zero attached hydrogens (tertiary/aromatic N) is 3. The Labute approximate surface area is 210 Å². The number of benzene rings is 3. The van der Waals surface area contributed by atoms with E-state index in [1.54, 1.807) is 53.3 Å². The minimum atomic E-state index is -0.353. The van der Waals surface area contributed by atoms with Crippen molar-refractivity contribution in [2.75, 3.05) is 0 Å². The van der Waals surface area contributed by atoms with E-state index < -0.39 is 0 Å². The summed E-state index contributed by atoms with van der Waals surface area (Å²) in [4.78, 5) is 7.60. The van der Waals surface area contributed by atoms with Gasteiger partial charge in [-0.1, -0.05) is 0 Å². The Balaban J connectivity index is 0.00000267. The predicted octanol–water partition coefficient (Wildman–Crippen LogP) is 7.56. The number of nitrogens with one attached hydrogen (secondary N) is 1. The number of hydrogen-bond acceptors (Lipinski definition) is 2. The van der Waals surface area contributed by atoms with E-state index in [0.29, 0.717) is 22.7 Å². The number of aromatic amines is 1. The molecule has 6 aromatic rings. The largest absolute Gasteiger partial charge is 0.337 e. The zero-order valence-electron chi connectivity index (χ0n) is 18.6. The molecule has 1 N–H and O–H groups in total. The molecule has 6 rings (SSSR count). The quantitative estimate of drug-likeness (QED) is 0.270. The SMILES string of the molecule is Cl.Fc1ccc(-c2nn3c(-c4ccc(F)cc4)c(-c4ccc(F)cc4)[nH]c3c2-c2ccncc2)cc1. The smallest absolute Gasteiger partial charge is 0.142 e. The van der Waals surface area contributed by atoms with Crippen molar-refractivity contribution in [2.45, 2.75) is 0 Å². The summed E-state index contributed by atoms with van der Waals surface area (Å²) in [5.41, 5.74) is 6.62. The Morgan fingerprint density at radius 1 is 0.583 bits per heavy atom. The Morgan fingerprint density at radius 2 is 1.08 bits per heavy atom. The molecule has 0 amide bonds. The Kier molecular flexibility index (Phi) is 6.08. The van der Waals surface area contributed by atoms with Crippen molar-refractivity contribution >= 4 is 18.1 Å². The number of rotatable bonds is 4. The van der Waals surface area contributed by atoms with Gasteiger partial charge in [-0.2, -0.15) is 5.10 Å². The molecule has 0 aliphatic carbocycles. The predicted molar refractivity (Wildman–Crippen MR) is 136 cm³/mol. The van der Waals surface area contributed by atoms with Crippen LogP contribution in [-0.4, -0.2) is 19.6 Å². The van der Waals surface area contributed by atoms with Crippen LogP contribution in [0.3, 0.4) is 0 Å². The molecule has 0 saturated heterocycles. The molecular formula is C28H18ClF3N4. The highest BCUT2D eigenvalue weighted by Gasteiger charge is 2.24. The minimum Gasteiger partial charge on any atom is -0.337 e. The van der Waals surface area contributed by atoms with Gasteiger partial charge in [0, 0.05) is 29.1 Å². The molecule has 0 aliphatic rings. The lowest BCUT2D eigenvalue weighted by atomic mass is 10.0. The normalized spacial score (nSPS) is 11.0. The monoisotopic (exact) mass is 502 g/mol. The van der Waals surface area contributed by atoms with Crippen LogP contribution in [0.1, 0.15) is 0 Å². The van der Waals surface area contributed by atoms with Crippen LogP contribution in [0, 0.1) is 17.5 Å². The highest BCUT2D eigenvalue weighted by molar-refractivity contribution is 5.94. The number of H-pyrrole nitrogens is 1. The van der Waals surface area contributed by atoms with E-state index in [4.69, 9.17) is 5.10 Å². The second-order valence-electron chi connectivity index (χ2n) is 8.09. The highest BCUT2D eigenvalue weighted by Crippen LogP contribution is 2.40. The third-order valence-electron chi connectivity index (χ3n) is 5.91. The standard InChI is InChI=1S/C28H17F3N4.ClH/c29-21-7-1-18(2-8-21)25-24(17-13-15-32-16-14-17)28-33-26(19-3-9-22(30)10-4-19)27(35(28)34-25)20-5-11-23(31)12-6-20;/h1-16,33H;1H. The number of pyridine rings is 1. The molecule has 3 heterocycles. The van der Waals surface area contributed by atoms with Gasteiger partial charge in [0.05, 0.1) is 17.0 Å². The average Bonchev–Trinajstić information content (AvgIpc) is 3.42. The summed E-state index contributed by atoms with van der Waals surface area (Å²) in [6, 6.07) is 22.2. The zero-order valence-corrected chi connectivity index (χ0v) is 19.4. The van der Waals surface area contributed by atoms with Crippen molar-refractivity contribution in [1.82, 2.24) is 19.6 Å². The lowest BCUT2D eigenvalue weighted by Crippen LogP contribution is -1.92. The second-order valence-corrected chi connectivity index (χ2v) is 8.09. The molecule has 0 spiro atoms. The van der Waals surface area contributed by atoms with Crippen molar-refractivity contribution in [3.05, 3.63) is 115 Å². The molecule has 0 radical (unpaired) electrons. The van der Waals surface area contributed by atoms with Gasteiger partial charge in [-0.05, 0) is 90.5 Å². The van der Waals surface area contributed by atoms with E-state index in [-0.39, 0.29) is 29.9 Å². The molecule has 0 atom stereocenters. The highest BCUT2D eigenvalue weighted by atomic mass is 35.5. The summed E-state index contributed by atoms with van der Waals surface area (Å²) in [7, 11) is 0. The van der Waals surface area contributed by atoms with Gasteiger partial charge in [-0.25, -0.2) is 17.7 Å². The van der Waals surface area contributed by atoms with E-state index in [1.807, 2.05) is 12.1 Å². The summed E-state index contributed by atoms with van der Waals surface area (Å²) >= 11 is 0. The van der Waals surface area contributed by atoms with Crippen LogP contribution in [0.2, 0.25) is 0 Å². The van der Waals surface area contributed by atoms with Crippen LogP contribution in [0.4, 0.5) is 13.2 Å². The number of fused-ring (bicyclic) bond motifs is 1. The molecule has 178 valence electrons. The van der Waals surface area contributed by atoms with Crippen molar-refractivity contribution in [2.24, 2.45) is 0 Å². The van der Waals surface area contributed by atoms with Crippen molar-refractivity contribution < 1.29 is 13.2 Å². The number of hydrogen-bond donors (Lipinski definition) is 1. The van der Waals surface area contributed by atoms with E-state index in [2.05, 4.69) is 9.97 Å². The summed E-state index contributed by atoms with van der Waals surface area (Å²) in [5.74, 6) is -1.03. The third-order valence-corrected chi connectivity index (χ3v) is 5.91. The first-order valence-electron chi connectivity index (χ1n) is 10.9. The lowest BCUT2D eigenvalue weighted by Gasteiger charge is -2.07. The molecule has 3 aromatic carbocycles. The molecule has 36 heavy (non-hydrogen) atoms. The average molecular weight is 503 g/mol. The summed E-state index contributed by atoms with van der Waals surface area (Å²) in [5, 5.41) is 4.93. The molecule has 0 unspecified atom stereocenters. The van der Waals surface area contributed by atoms with Crippen LogP contribution in [0.25, 0.3) is 50.5 Å². The van der Waals surface area contributed by atoms with E-state index in [9.17, 15) is 13.2 Å². The molecule has 0 bridgehead atoms. The van der Waals surface area contributed by atoms with Crippen molar-refractivity contribution in [1.29, 1.82) is 0 Å². The van der Waals surface area contributed by atoms with Gasteiger partial charge >= 0.3 is 0 Å². The summed E-state index contributed by atoms with van der Waals surface area (Å²) in [6.07, 6.45) is 3.38. The van der Waals surface area contributed by atoms with E-state index >= 15 is 0 Å². The van der Waals surface area contributed by atoms with Crippen molar-refractivity contribution in [3.63, 3.8) is 0 Å². The van der Waals surface area contributed by atoms with Gasteiger partial charge in [0.2, 0.25) is 0 Å². The number of imidazole rings is 1. The molecule has 0 saturated carbocycles. The first-order valence-corrected chi connectivity index (χ1v) is 10.9. The molecule has 8 heteroatoms. The van der Waals surface area contributed by atoms with Crippen LogP contribution in [-0.2, 0) is 0 Å². The maximum absolute atomic E-state index is 13.7. The Hall–Kier alpha value is -4.36. The summed E-state index contributed by atoms with van der Waals surface area (Å²) in [6.45, 7) is 0. The first kappa shape index (κ1) is 23.4. The van der Waals surface area contributed by atoms with Crippen LogP contribution < -0.4 is 0 Å². The molecule has 0 fully saturated rings. The van der Waals surface area contributed by atoms with Crippen molar-refractivity contribution in [3.8, 4) is 44.9 Å².